The second-order valence-electron chi connectivity index (χ2n) is 22.6. The van der Waals surface area contributed by atoms with Crippen molar-refractivity contribution < 1.29 is 37.0 Å². The molecule has 6 heterocycles. The van der Waals surface area contributed by atoms with E-state index >= 15 is 0 Å². The minimum atomic E-state index is 0.250. The van der Waals surface area contributed by atoms with Crippen molar-refractivity contribution in [2.75, 3.05) is 105 Å². The third-order valence-electron chi connectivity index (χ3n) is 17.0. The van der Waals surface area contributed by atoms with Crippen LogP contribution in [-0.4, -0.2) is 129 Å². The third-order valence-corrected chi connectivity index (χ3v) is 17.0. The lowest BCUT2D eigenvalue weighted by Crippen LogP contribution is -2.75. The van der Waals surface area contributed by atoms with Gasteiger partial charge in [0, 0.05) is 39.9 Å². The normalized spacial score (nSPS) is 21.1. The molecule has 6 aliphatic heterocycles. The van der Waals surface area contributed by atoms with E-state index in [4.69, 9.17) is 19.1 Å². The first-order valence-electron chi connectivity index (χ1n) is 29.1. The van der Waals surface area contributed by atoms with Gasteiger partial charge < -0.3 is 18.4 Å². The van der Waals surface area contributed by atoms with Gasteiger partial charge in [0.05, 0.1) is 24.2 Å². The molecule has 5 aromatic rings. The van der Waals surface area contributed by atoms with Crippen LogP contribution in [0.5, 0.6) is 11.5 Å². The SMILES string of the molecule is CC#Cc1cc(OC[N+]23CC[N+](CCCCCC)(CC2)CC3)c(C#Cc2ccc(C#Cc3ccc(C)cc3)cc2)cc1OC[N+]12CC[N+](CCCCCC)(CC1)CC2.CCc1ccc(C#Cc2ccc(C)cc2)cc1.O=C=O. The van der Waals surface area contributed by atoms with Gasteiger partial charge in [-0.2, -0.15) is 9.59 Å². The number of hydrogen-bond donors (Lipinski definition) is 0. The van der Waals surface area contributed by atoms with Gasteiger partial charge in [0.15, 0.2) is 0 Å². The number of unbranched alkanes of at least 4 members (excludes halogenated alkanes) is 6. The molecule has 0 amide bonds. The average Bonchev–Trinajstić information content (AvgIpc) is 3.54. The molecule has 11 rings (SSSR count). The van der Waals surface area contributed by atoms with Crippen LogP contribution in [0.15, 0.2) is 109 Å². The van der Waals surface area contributed by atoms with E-state index in [0.29, 0.717) is 13.5 Å². The highest BCUT2D eigenvalue weighted by molar-refractivity contribution is 5.60. The highest BCUT2D eigenvalue weighted by Gasteiger charge is 2.50. The van der Waals surface area contributed by atoms with Gasteiger partial charge in [-0.1, -0.05) is 135 Å². The molecule has 0 aliphatic carbocycles. The first-order chi connectivity index (χ1) is 38.0. The lowest BCUT2D eigenvalue weighted by atomic mass is 10.1. The molecule has 6 saturated heterocycles. The Morgan fingerprint density at radius 3 is 1.04 bits per heavy atom. The number of fused-ring (bicyclic) bond motifs is 6. The zero-order chi connectivity index (χ0) is 55.1. The summed E-state index contributed by atoms with van der Waals surface area (Å²) in [4.78, 5) is 16.2. The van der Waals surface area contributed by atoms with Crippen LogP contribution < -0.4 is 9.47 Å². The maximum Gasteiger partial charge on any atom is 0.373 e. The molecule has 0 unspecified atom stereocenters. The summed E-state index contributed by atoms with van der Waals surface area (Å²) in [5.41, 5.74) is 10.7. The van der Waals surface area contributed by atoms with Crippen molar-refractivity contribution >= 4 is 6.15 Å². The van der Waals surface area contributed by atoms with Crippen LogP contribution in [0, 0.1) is 61.2 Å². The molecule has 4 bridgehead atoms. The van der Waals surface area contributed by atoms with E-state index in [-0.39, 0.29) is 6.15 Å². The largest absolute Gasteiger partial charge is 0.444 e. The van der Waals surface area contributed by atoms with Crippen LogP contribution in [0.25, 0.3) is 0 Å². The van der Waals surface area contributed by atoms with Crippen LogP contribution in [0.4, 0.5) is 0 Å². The zero-order valence-electron chi connectivity index (χ0n) is 48.0. The van der Waals surface area contributed by atoms with Crippen LogP contribution in [0.2, 0.25) is 0 Å². The molecule has 6 fully saturated rings. The molecule has 0 spiro atoms. The van der Waals surface area contributed by atoms with E-state index in [1.54, 1.807) is 0 Å². The number of aryl methyl sites for hydroxylation is 3. The number of benzene rings is 5. The molecule has 0 saturated carbocycles. The van der Waals surface area contributed by atoms with Gasteiger partial charge >= 0.3 is 6.15 Å². The summed E-state index contributed by atoms with van der Waals surface area (Å²) in [6.07, 6.45) is 12.1. The first-order valence-corrected chi connectivity index (χ1v) is 29.1. The van der Waals surface area contributed by atoms with Gasteiger partial charge in [0.1, 0.15) is 90.0 Å². The summed E-state index contributed by atoms with van der Waals surface area (Å²) in [5, 5.41) is 0. The number of hydrogen-bond acceptors (Lipinski definition) is 4. The fourth-order valence-corrected chi connectivity index (χ4v) is 11.4. The Balaban J connectivity index is 0.000000370. The second kappa shape index (κ2) is 29.2. The summed E-state index contributed by atoms with van der Waals surface area (Å²) in [5.74, 6) is 28.2. The van der Waals surface area contributed by atoms with Crippen LogP contribution in [0.1, 0.15) is 135 Å². The van der Waals surface area contributed by atoms with Gasteiger partial charge in [-0.25, -0.2) is 0 Å². The molecular formula is C70H86N4O4+4. The number of ether oxygens (including phenoxy) is 2. The standard InChI is InChI=1S/C52H70N4O2.C17H16.CO2/c1-5-8-10-12-27-53-29-35-55(36-30-53,37-31-53)43-57-51-42-50(26-25-48-23-21-47(22-24-48)20-19-46-17-15-45(4)16-18-46)52(41-49(51)14-7-3)58-44-56-38-32-54(33-39-56,34-40-56)28-13-11-9-6-2;1-3-15-8-10-17(11-9-15)13-12-16-6-4-14(2)5-7-16;2-1-3/h15-18,21-24,41-42H,5-6,8-13,27-40,43-44H2,1-4H3;4-11H,3H2,1-2H3;/q+4;;. The Labute approximate surface area is 469 Å². The maximum atomic E-state index is 8.12. The Kier molecular flexibility index (Phi) is 22.0. The molecule has 6 aliphatic rings. The highest BCUT2D eigenvalue weighted by atomic mass is 16.5. The predicted octanol–water partition coefficient (Wildman–Crippen LogP) is 11.7. The minimum Gasteiger partial charge on any atom is -0.444 e. The highest BCUT2D eigenvalue weighted by Crippen LogP contribution is 2.34. The fraction of sp³-hybridized carbons (Fsp3) is 0.443. The summed E-state index contributed by atoms with van der Waals surface area (Å²) in [6.45, 7) is 31.7. The minimum absolute atomic E-state index is 0.250. The van der Waals surface area contributed by atoms with Gasteiger partial charge in [0.2, 0.25) is 13.5 Å². The fourth-order valence-electron chi connectivity index (χ4n) is 11.4. The topological polar surface area (TPSA) is 52.6 Å². The number of quaternary nitrogens is 4. The summed E-state index contributed by atoms with van der Waals surface area (Å²) < 4.78 is 18.5. The Hall–Kier alpha value is -6.84. The second-order valence-corrected chi connectivity index (χ2v) is 22.6. The Bertz CT molecular complexity index is 2970. The van der Waals surface area contributed by atoms with Crippen molar-refractivity contribution in [3.8, 4) is 58.9 Å². The summed E-state index contributed by atoms with van der Waals surface area (Å²) in [6, 6.07) is 37.6. The smallest absolute Gasteiger partial charge is 0.373 e. The monoisotopic (exact) mass is 1050 g/mol. The lowest BCUT2D eigenvalue weighted by Gasteiger charge is -2.55. The number of nitrogens with zero attached hydrogens (tertiary/aromatic N) is 4. The average molecular weight is 1050 g/mol. The van der Waals surface area contributed by atoms with Crippen molar-refractivity contribution in [2.24, 2.45) is 0 Å². The van der Waals surface area contributed by atoms with E-state index in [9.17, 15) is 0 Å². The van der Waals surface area contributed by atoms with Crippen molar-refractivity contribution in [3.63, 3.8) is 0 Å². The first kappa shape index (κ1) is 58.8. The molecule has 0 N–H and O–H groups in total. The Morgan fingerprint density at radius 2 is 0.705 bits per heavy atom. The molecule has 78 heavy (non-hydrogen) atoms. The molecule has 5 aromatic carbocycles. The number of piperazine rings is 6. The number of rotatable bonds is 17. The molecule has 0 radical (unpaired) electrons. The Morgan fingerprint density at radius 1 is 0.397 bits per heavy atom. The van der Waals surface area contributed by atoms with Crippen LogP contribution in [-0.2, 0) is 16.0 Å². The maximum absolute atomic E-state index is 8.12. The number of carbonyl (C=O) groups excluding carboxylic acids is 2. The molecular weight excluding hydrogens is 961 g/mol. The van der Waals surface area contributed by atoms with Crippen molar-refractivity contribution in [3.05, 3.63) is 165 Å². The van der Waals surface area contributed by atoms with E-state index in [1.807, 2.05) is 6.92 Å². The van der Waals surface area contributed by atoms with Gasteiger partial charge in [0.25, 0.3) is 0 Å². The molecule has 8 heteroatoms. The van der Waals surface area contributed by atoms with Crippen LogP contribution in [0.3, 0.4) is 0 Å². The van der Waals surface area contributed by atoms with E-state index in [2.05, 4.69) is 191 Å². The van der Waals surface area contributed by atoms with Crippen molar-refractivity contribution in [2.45, 2.75) is 99.3 Å². The third kappa shape index (κ3) is 17.1. The quantitative estimate of drug-likeness (QED) is 0.0529. The predicted molar refractivity (Wildman–Crippen MR) is 315 cm³/mol. The molecule has 0 aromatic heterocycles. The van der Waals surface area contributed by atoms with Crippen molar-refractivity contribution in [1.82, 2.24) is 0 Å². The molecule has 0 atom stereocenters. The summed E-state index contributed by atoms with van der Waals surface area (Å²) in [7, 11) is 0. The van der Waals surface area contributed by atoms with E-state index in [1.165, 1.54) is 169 Å². The van der Waals surface area contributed by atoms with Gasteiger partial charge in [-0.3, -0.25) is 8.97 Å². The molecule has 8 nitrogen and oxygen atoms in total. The van der Waals surface area contributed by atoms with Crippen molar-refractivity contribution in [1.29, 1.82) is 0 Å². The van der Waals surface area contributed by atoms with E-state index in [0.717, 1.165) is 65.8 Å². The van der Waals surface area contributed by atoms with E-state index < -0.39 is 0 Å². The van der Waals surface area contributed by atoms with Gasteiger partial charge in [-0.05, 0) is 119 Å². The summed E-state index contributed by atoms with van der Waals surface area (Å²) >= 11 is 0. The lowest BCUT2D eigenvalue weighted by molar-refractivity contribution is -1.09. The van der Waals surface area contributed by atoms with Crippen LogP contribution >= 0.6 is 0 Å². The van der Waals surface area contributed by atoms with Gasteiger partial charge in [-0.15, -0.1) is 5.92 Å². The zero-order valence-corrected chi connectivity index (χ0v) is 48.0. The molecule has 406 valence electrons.